The number of thioether (sulfide) groups is 1. The molecule has 1 aliphatic rings. The molecule has 0 spiro atoms. The fraction of sp³-hybridized carbons (Fsp3) is 0.391. The summed E-state index contributed by atoms with van der Waals surface area (Å²) < 4.78 is 0. The van der Waals surface area contributed by atoms with E-state index in [0.717, 1.165) is 43.7 Å². The maximum Gasteiger partial charge on any atom is 0.234 e. The molecule has 2 amide bonds. The molecule has 0 radical (unpaired) electrons. The van der Waals surface area contributed by atoms with E-state index in [2.05, 4.69) is 39.8 Å². The second kappa shape index (κ2) is 11.0. The van der Waals surface area contributed by atoms with Gasteiger partial charge in [-0.1, -0.05) is 48.0 Å². The Kier molecular flexibility index (Phi) is 8.14. The first-order valence-electron chi connectivity index (χ1n) is 10.1. The Balaban J connectivity index is 1.29. The van der Waals surface area contributed by atoms with Gasteiger partial charge >= 0.3 is 0 Å². The summed E-state index contributed by atoms with van der Waals surface area (Å²) in [4.78, 5) is 26.6. The van der Waals surface area contributed by atoms with E-state index in [9.17, 15) is 9.59 Å². The maximum absolute atomic E-state index is 12.2. The first-order valence-corrected chi connectivity index (χ1v) is 11.2. The van der Waals surface area contributed by atoms with Crippen molar-refractivity contribution in [2.45, 2.75) is 32.4 Å². The summed E-state index contributed by atoms with van der Waals surface area (Å²) in [5, 5.41) is 5.97. The number of aryl methyl sites for hydroxylation is 1. The summed E-state index contributed by atoms with van der Waals surface area (Å²) in [7, 11) is 0. The van der Waals surface area contributed by atoms with Crippen LogP contribution in [0.25, 0.3) is 0 Å². The van der Waals surface area contributed by atoms with Gasteiger partial charge in [-0.2, -0.15) is 0 Å². The number of hydrogen-bond acceptors (Lipinski definition) is 4. The number of amides is 2. The summed E-state index contributed by atoms with van der Waals surface area (Å²) in [6.45, 7) is 4.96. The predicted molar refractivity (Wildman–Crippen MR) is 120 cm³/mol. The molecular weight excluding hydrogens is 382 g/mol. The molecule has 1 saturated heterocycles. The van der Waals surface area contributed by atoms with E-state index >= 15 is 0 Å². The predicted octanol–water partition coefficient (Wildman–Crippen LogP) is 3.45. The van der Waals surface area contributed by atoms with Crippen LogP contribution >= 0.6 is 11.8 Å². The molecule has 29 heavy (non-hydrogen) atoms. The molecule has 2 aromatic carbocycles. The van der Waals surface area contributed by atoms with Crippen molar-refractivity contribution in [2.75, 3.05) is 29.9 Å². The highest BCUT2D eigenvalue weighted by molar-refractivity contribution is 8.00. The first-order chi connectivity index (χ1) is 14.1. The van der Waals surface area contributed by atoms with Crippen molar-refractivity contribution < 1.29 is 9.59 Å². The standard InChI is InChI=1S/C23H29N3O2S/c1-18-7-9-20(10-8-18)24-22(27)16-29-17-23(28)25-21-11-13-26(14-12-21)15-19-5-3-2-4-6-19/h2-10,21H,11-17H2,1H3,(H,24,27)(H,25,28). The number of rotatable bonds is 8. The monoisotopic (exact) mass is 411 g/mol. The minimum Gasteiger partial charge on any atom is -0.353 e. The topological polar surface area (TPSA) is 61.4 Å². The number of piperidine rings is 1. The summed E-state index contributed by atoms with van der Waals surface area (Å²) in [6, 6.07) is 18.4. The van der Waals surface area contributed by atoms with Crippen LogP contribution in [-0.4, -0.2) is 47.4 Å². The SMILES string of the molecule is Cc1ccc(NC(=O)CSCC(=O)NC2CCN(Cc3ccccc3)CC2)cc1. The zero-order chi connectivity index (χ0) is 20.5. The molecule has 3 rings (SSSR count). The van der Waals surface area contributed by atoms with Gasteiger partial charge in [0, 0.05) is 31.4 Å². The Morgan fingerprint density at radius 3 is 2.31 bits per heavy atom. The lowest BCUT2D eigenvalue weighted by atomic mass is 10.0. The molecule has 2 N–H and O–H groups in total. The van der Waals surface area contributed by atoms with Gasteiger partial charge in [0.05, 0.1) is 11.5 Å². The van der Waals surface area contributed by atoms with Crippen LogP contribution in [0.3, 0.4) is 0 Å². The van der Waals surface area contributed by atoms with Crippen molar-refractivity contribution in [1.82, 2.24) is 10.2 Å². The Morgan fingerprint density at radius 1 is 0.966 bits per heavy atom. The molecule has 154 valence electrons. The number of hydrogen-bond donors (Lipinski definition) is 2. The lowest BCUT2D eigenvalue weighted by Crippen LogP contribution is -2.44. The van der Waals surface area contributed by atoms with Gasteiger partial charge in [0.25, 0.3) is 0 Å². The number of benzene rings is 2. The number of anilines is 1. The molecule has 0 atom stereocenters. The third kappa shape index (κ3) is 7.55. The summed E-state index contributed by atoms with van der Waals surface area (Å²) in [5.41, 5.74) is 3.27. The van der Waals surface area contributed by atoms with Crippen molar-refractivity contribution >= 4 is 29.3 Å². The van der Waals surface area contributed by atoms with E-state index in [1.807, 2.05) is 37.3 Å². The van der Waals surface area contributed by atoms with E-state index < -0.39 is 0 Å². The van der Waals surface area contributed by atoms with Crippen LogP contribution in [0.15, 0.2) is 54.6 Å². The quantitative estimate of drug-likeness (QED) is 0.699. The van der Waals surface area contributed by atoms with Gasteiger partial charge in [-0.25, -0.2) is 0 Å². The van der Waals surface area contributed by atoms with Crippen molar-refractivity contribution in [1.29, 1.82) is 0 Å². The van der Waals surface area contributed by atoms with Gasteiger partial charge in [0.2, 0.25) is 11.8 Å². The maximum atomic E-state index is 12.2. The van der Waals surface area contributed by atoms with Crippen molar-refractivity contribution in [2.24, 2.45) is 0 Å². The van der Waals surface area contributed by atoms with Gasteiger partial charge in [-0.15, -0.1) is 11.8 Å². The second-order valence-corrected chi connectivity index (χ2v) is 8.50. The molecule has 6 heteroatoms. The lowest BCUT2D eigenvalue weighted by Gasteiger charge is -2.32. The molecule has 0 aromatic heterocycles. The highest BCUT2D eigenvalue weighted by Gasteiger charge is 2.20. The molecule has 1 heterocycles. The van der Waals surface area contributed by atoms with E-state index in [1.54, 1.807) is 0 Å². The summed E-state index contributed by atoms with van der Waals surface area (Å²) >= 11 is 1.35. The number of nitrogens with zero attached hydrogens (tertiary/aromatic N) is 1. The van der Waals surface area contributed by atoms with E-state index in [-0.39, 0.29) is 23.6 Å². The van der Waals surface area contributed by atoms with Crippen LogP contribution in [0.5, 0.6) is 0 Å². The third-order valence-electron chi connectivity index (χ3n) is 5.00. The smallest absolute Gasteiger partial charge is 0.234 e. The first kappa shape index (κ1) is 21.4. The highest BCUT2D eigenvalue weighted by Crippen LogP contribution is 2.14. The minimum atomic E-state index is -0.0825. The Hall–Kier alpha value is -2.31. The lowest BCUT2D eigenvalue weighted by molar-refractivity contribution is -0.119. The van der Waals surface area contributed by atoms with Crippen LogP contribution < -0.4 is 10.6 Å². The minimum absolute atomic E-state index is 0.0136. The van der Waals surface area contributed by atoms with Gasteiger partial charge in [-0.3, -0.25) is 14.5 Å². The number of carbonyl (C=O) groups is 2. The van der Waals surface area contributed by atoms with Crippen LogP contribution in [0.1, 0.15) is 24.0 Å². The molecule has 1 fully saturated rings. The second-order valence-electron chi connectivity index (χ2n) is 7.51. The Morgan fingerprint density at radius 2 is 1.62 bits per heavy atom. The zero-order valence-corrected chi connectivity index (χ0v) is 17.7. The van der Waals surface area contributed by atoms with E-state index in [0.29, 0.717) is 5.75 Å². The Labute approximate surface area is 177 Å². The van der Waals surface area contributed by atoms with E-state index in [1.165, 1.54) is 17.3 Å². The van der Waals surface area contributed by atoms with Crippen molar-refractivity contribution in [3.05, 3.63) is 65.7 Å². The van der Waals surface area contributed by atoms with Crippen LogP contribution in [0, 0.1) is 6.92 Å². The molecular formula is C23H29N3O2S. The van der Waals surface area contributed by atoms with Crippen molar-refractivity contribution in [3.63, 3.8) is 0 Å². The van der Waals surface area contributed by atoms with Gasteiger partial charge in [-0.05, 0) is 37.5 Å². The number of likely N-dealkylation sites (tertiary alicyclic amines) is 1. The number of carbonyl (C=O) groups excluding carboxylic acids is 2. The fourth-order valence-electron chi connectivity index (χ4n) is 3.42. The summed E-state index contributed by atoms with van der Waals surface area (Å²) in [6.07, 6.45) is 1.94. The molecule has 0 unspecified atom stereocenters. The summed E-state index contributed by atoms with van der Waals surface area (Å²) in [5.74, 6) is 0.517. The van der Waals surface area contributed by atoms with Crippen LogP contribution in [0.4, 0.5) is 5.69 Å². The molecule has 0 aliphatic carbocycles. The normalized spacial score (nSPS) is 15.1. The van der Waals surface area contributed by atoms with Crippen molar-refractivity contribution in [3.8, 4) is 0 Å². The van der Waals surface area contributed by atoms with E-state index in [4.69, 9.17) is 0 Å². The van der Waals surface area contributed by atoms with Gasteiger partial charge in [0.1, 0.15) is 0 Å². The van der Waals surface area contributed by atoms with Gasteiger partial charge < -0.3 is 10.6 Å². The average molecular weight is 412 g/mol. The fourth-order valence-corrected chi connectivity index (χ4v) is 4.05. The third-order valence-corrected chi connectivity index (χ3v) is 5.94. The highest BCUT2D eigenvalue weighted by atomic mass is 32.2. The molecule has 5 nitrogen and oxygen atoms in total. The molecule has 0 bridgehead atoms. The Bertz CT molecular complexity index is 788. The average Bonchev–Trinajstić information content (AvgIpc) is 2.72. The number of nitrogens with one attached hydrogen (secondary N) is 2. The van der Waals surface area contributed by atoms with Crippen LogP contribution in [0.2, 0.25) is 0 Å². The van der Waals surface area contributed by atoms with Gasteiger partial charge in [0.15, 0.2) is 0 Å². The van der Waals surface area contributed by atoms with Crippen LogP contribution in [-0.2, 0) is 16.1 Å². The largest absolute Gasteiger partial charge is 0.353 e. The molecule has 2 aromatic rings. The molecule has 1 aliphatic heterocycles. The zero-order valence-electron chi connectivity index (χ0n) is 16.9. The molecule has 0 saturated carbocycles.